The maximum Gasteiger partial charge on any atom is 0.363 e. The number of alkyl halides is 3. The summed E-state index contributed by atoms with van der Waals surface area (Å²) in [6, 6.07) is 0. The maximum atomic E-state index is 11.0. The maximum absolute atomic E-state index is 11.0. The first-order chi connectivity index (χ1) is 5.91. The predicted molar refractivity (Wildman–Crippen MR) is 55.0 cm³/mol. The normalized spacial score (nSPS) is 12.8. The molecule has 0 N–H and O–H groups in total. The predicted octanol–water partition coefficient (Wildman–Crippen LogP) is 3.60. The zero-order chi connectivity index (χ0) is 10.5. The Labute approximate surface area is 92.8 Å². The van der Waals surface area contributed by atoms with Crippen molar-refractivity contribution in [1.82, 2.24) is 0 Å². The highest BCUT2D eigenvalue weighted by atomic mass is 35.6. The van der Waals surface area contributed by atoms with Gasteiger partial charge in [0.15, 0.2) is 0 Å². The molecule has 0 saturated carbocycles. The van der Waals surface area contributed by atoms with E-state index in [0.717, 1.165) is 6.42 Å². The van der Waals surface area contributed by atoms with Crippen LogP contribution in [0.2, 0.25) is 0 Å². The van der Waals surface area contributed by atoms with Crippen LogP contribution in [-0.2, 0) is 9.53 Å². The molecule has 2 nitrogen and oxygen atoms in total. The summed E-state index contributed by atoms with van der Waals surface area (Å²) in [6.45, 7) is 3.73. The summed E-state index contributed by atoms with van der Waals surface area (Å²) in [7, 11) is 0. The Bertz CT molecular complexity index is 206. The number of esters is 1. The molecule has 0 unspecified atom stereocenters. The highest BCUT2D eigenvalue weighted by Gasteiger charge is 2.33. The van der Waals surface area contributed by atoms with Gasteiger partial charge in [0.1, 0.15) is 5.76 Å². The Morgan fingerprint density at radius 2 is 2.00 bits per heavy atom. The van der Waals surface area contributed by atoms with Crippen molar-refractivity contribution in [3.05, 3.63) is 11.8 Å². The molecule has 76 valence electrons. The molecule has 0 aromatic carbocycles. The lowest BCUT2D eigenvalue weighted by molar-refractivity contribution is -0.138. The van der Waals surface area contributed by atoms with Gasteiger partial charge in [-0.3, -0.25) is 0 Å². The number of rotatable bonds is 3. The van der Waals surface area contributed by atoms with E-state index in [0.29, 0.717) is 12.2 Å². The topological polar surface area (TPSA) is 26.3 Å². The van der Waals surface area contributed by atoms with E-state index >= 15 is 0 Å². The van der Waals surface area contributed by atoms with Gasteiger partial charge in [-0.1, -0.05) is 41.7 Å². The Hall–Kier alpha value is 0.0800. The second kappa shape index (κ2) is 5.74. The second-order valence-corrected chi connectivity index (χ2v) is 4.67. The van der Waals surface area contributed by atoms with E-state index in [1.165, 1.54) is 0 Å². The van der Waals surface area contributed by atoms with Crippen LogP contribution < -0.4 is 0 Å². The number of hydrogen-bond acceptors (Lipinski definition) is 2. The molecule has 0 atom stereocenters. The highest BCUT2D eigenvalue weighted by Crippen LogP contribution is 2.28. The van der Waals surface area contributed by atoms with E-state index in [4.69, 9.17) is 39.5 Å². The summed E-state index contributed by atoms with van der Waals surface area (Å²) in [4.78, 5) is 11.0. The van der Waals surface area contributed by atoms with Gasteiger partial charge < -0.3 is 4.74 Å². The average Bonchev–Trinajstić information content (AvgIpc) is 2.01. The molecule has 0 amide bonds. The monoisotopic (exact) mass is 244 g/mol. The van der Waals surface area contributed by atoms with E-state index < -0.39 is 9.76 Å². The second-order valence-electron chi connectivity index (χ2n) is 2.39. The number of halogens is 3. The number of ether oxygens (including phenoxy) is 1. The lowest BCUT2D eigenvalue weighted by Crippen LogP contribution is -2.21. The van der Waals surface area contributed by atoms with Gasteiger partial charge in [-0.25, -0.2) is 4.79 Å². The number of hydrogen-bond donors (Lipinski definition) is 0. The van der Waals surface area contributed by atoms with Crippen molar-refractivity contribution in [2.45, 2.75) is 30.5 Å². The van der Waals surface area contributed by atoms with Crippen molar-refractivity contribution < 1.29 is 9.53 Å². The molecular weight excluding hydrogens is 234 g/mol. The fourth-order valence-electron chi connectivity index (χ4n) is 0.678. The Morgan fingerprint density at radius 1 is 1.46 bits per heavy atom. The third-order valence-electron chi connectivity index (χ3n) is 1.27. The van der Waals surface area contributed by atoms with Gasteiger partial charge in [-0.05, 0) is 19.4 Å². The molecule has 13 heavy (non-hydrogen) atoms. The van der Waals surface area contributed by atoms with E-state index in [1.807, 2.05) is 6.92 Å². The van der Waals surface area contributed by atoms with E-state index in [9.17, 15) is 4.79 Å². The van der Waals surface area contributed by atoms with Crippen LogP contribution in [0.15, 0.2) is 11.8 Å². The fourth-order valence-corrected chi connectivity index (χ4v) is 0.793. The summed E-state index contributed by atoms with van der Waals surface area (Å²) in [5, 5.41) is 0. The molecule has 0 radical (unpaired) electrons. The van der Waals surface area contributed by atoms with Crippen molar-refractivity contribution in [2.75, 3.05) is 0 Å². The van der Waals surface area contributed by atoms with Crippen molar-refractivity contribution in [2.24, 2.45) is 0 Å². The van der Waals surface area contributed by atoms with E-state index in [2.05, 4.69) is 0 Å². The van der Waals surface area contributed by atoms with Crippen molar-refractivity contribution >= 4 is 40.8 Å². The zero-order valence-corrected chi connectivity index (χ0v) is 9.71. The van der Waals surface area contributed by atoms with Gasteiger partial charge in [0.05, 0.1) is 0 Å². The van der Waals surface area contributed by atoms with Crippen LogP contribution in [0.4, 0.5) is 0 Å². The van der Waals surface area contributed by atoms with E-state index in [1.54, 1.807) is 13.0 Å². The Kier molecular flexibility index (Phi) is 5.77. The lowest BCUT2D eigenvalue weighted by atomic mass is 10.3. The molecule has 0 saturated heterocycles. The fraction of sp³-hybridized carbons (Fsp3) is 0.625. The van der Waals surface area contributed by atoms with Gasteiger partial charge in [-0.15, -0.1) is 0 Å². The summed E-state index contributed by atoms with van der Waals surface area (Å²) in [5.41, 5.74) is 0. The molecular formula is C8H11Cl3O2. The van der Waals surface area contributed by atoms with Gasteiger partial charge in [0, 0.05) is 6.42 Å². The minimum absolute atomic E-state index is 0.527. The first-order valence-corrected chi connectivity index (χ1v) is 4.99. The zero-order valence-electron chi connectivity index (χ0n) is 7.44. The molecule has 0 spiro atoms. The van der Waals surface area contributed by atoms with Gasteiger partial charge in [0.2, 0.25) is 0 Å². The summed E-state index contributed by atoms with van der Waals surface area (Å²) in [6.07, 6.45) is 3.20. The van der Waals surface area contributed by atoms with Gasteiger partial charge >= 0.3 is 5.97 Å². The Morgan fingerprint density at radius 3 is 2.31 bits per heavy atom. The largest absolute Gasteiger partial charge is 0.428 e. The Balaban J connectivity index is 4.19. The van der Waals surface area contributed by atoms with Crippen molar-refractivity contribution in [3.8, 4) is 0 Å². The standard InChI is InChI=1S/C8H11Cl3O2/c1-3-5-6(4-2)13-7(12)8(9,10)11/h4H,3,5H2,1-2H3/b6-4-. The molecule has 0 aliphatic carbocycles. The van der Waals surface area contributed by atoms with Crippen LogP contribution in [0.1, 0.15) is 26.7 Å². The lowest BCUT2D eigenvalue weighted by Gasteiger charge is -2.11. The smallest absolute Gasteiger partial charge is 0.363 e. The third kappa shape index (κ3) is 5.40. The van der Waals surface area contributed by atoms with Gasteiger partial charge in [0.25, 0.3) is 3.79 Å². The van der Waals surface area contributed by atoms with Crippen molar-refractivity contribution in [3.63, 3.8) is 0 Å². The summed E-state index contributed by atoms with van der Waals surface area (Å²) < 4.78 is 2.83. The third-order valence-corrected chi connectivity index (χ3v) is 1.74. The van der Waals surface area contributed by atoms with Crippen molar-refractivity contribution in [1.29, 1.82) is 0 Å². The number of allylic oxidation sites excluding steroid dienone is 2. The molecule has 0 rings (SSSR count). The molecule has 0 aliphatic rings. The van der Waals surface area contributed by atoms with Crippen LogP contribution in [0.25, 0.3) is 0 Å². The summed E-state index contributed by atoms with van der Waals surface area (Å²) >= 11 is 15.9. The number of carbonyl (C=O) groups excluding carboxylic acids is 1. The summed E-state index contributed by atoms with van der Waals surface area (Å²) in [5.74, 6) is -0.335. The van der Waals surface area contributed by atoms with E-state index in [-0.39, 0.29) is 0 Å². The molecule has 5 heteroatoms. The SMILES string of the molecule is C/C=C(/CCC)OC(=O)C(Cl)(Cl)Cl. The minimum Gasteiger partial charge on any atom is -0.428 e. The van der Waals surface area contributed by atoms with Crippen LogP contribution in [0.5, 0.6) is 0 Å². The minimum atomic E-state index is -2.00. The van der Waals surface area contributed by atoms with Crippen LogP contribution in [-0.4, -0.2) is 9.76 Å². The molecule has 0 heterocycles. The van der Waals surface area contributed by atoms with Crippen LogP contribution in [0, 0.1) is 0 Å². The van der Waals surface area contributed by atoms with Crippen LogP contribution in [0.3, 0.4) is 0 Å². The molecule has 0 aromatic rings. The molecule has 0 bridgehead atoms. The first kappa shape index (κ1) is 13.1. The average molecular weight is 246 g/mol. The van der Waals surface area contributed by atoms with Crippen LogP contribution >= 0.6 is 34.8 Å². The highest BCUT2D eigenvalue weighted by molar-refractivity contribution is 6.75. The molecule has 0 fully saturated rings. The quantitative estimate of drug-likeness (QED) is 0.431. The first-order valence-electron chi connectivity index (χ1n) is 3.86. The number of carbonyl (C=O) groups is 1. The molecule has 0 aromatic heterocycles. The molecule has 0 aliphatic heterocycles. The van der Waals surface area contributed by atoms with Gasteiger partial charge in [-0.2, -0.15) is 0 Å².